The van der Waals surface area contributed by atoms with Crippen LogP contribution in [0.15, 0.2) is 30.3 Å². The molecule has 1 aliphatic carbocycles. The fraction of sp³-hybridized carbons (Fsp3) is 0.556. The van der Waals surface area contributed by atoms with E-state index in [1.54, 1.807) is 0 Å². The van der Waals surface area contributed by atoms with Gasteiger partial charge in [0.15, 0.2) is 5.41 Å². The minimum Gasteiger partial charge on any atom is -0.460 e. The fourth-order valence-corrected chi connectivity index (χ4v) is 3.49. The first-order valence-corrected chi connectivity index (χ1v) is 7.76. The molecule has 0 spiro atoms. The van der Waals surface area contributed by atoms with Crippen molar-refractivity contribution in [3.8, 4) is 6.07 Å². The molecule has 3 nitrogen and oxygen atoms in total. The first kappa shape index (κ1) is 15.6. The molecule has 2 rings (SSSR count). The Morgan fingerprint density at radius 1 is 1.24 bits per heavy atom. The minimum absolute atomic E-state index is 0.154. The number of carbonyl (C=O) groups excluding carboxylic acids is 1. The van der Waals surface area contributed by atoms with Gasteiger partial charge in [0, 0.05) is 5.41 Å². The summed E-state index contributed by atoms with van der Waals surface area (Å²) in [6.07, 6.45) is 4.50. The normalized spacial score (nSPS) is 22.3. The molecule has 0 aliphatic heterocycles. The minimum atomic E-state index is -0.909. The molecule has 112 valence electrons. The highest BCUT2D eigenvalue weighted by atomic mass is 16.5. The molecule has 21 heavy (non-hydrogen) atoms. The van der Waals surface area contributed by atoms with Gasteiger partial charge in [-0.05, 0) is 24.8 Å². The highest BCUT2D eigenvalue weighted by molar-refractivity contribution is 5.85. The molecule has 1 aromatic carbocycles. The standard InChI is InChI=1S/C18H23NO2/c1-3-10-17(11-4-2)13-18(17,14-19)16(20)21-12-15-8-6-5-7-9-15/h5-9H,3-4,10-13H2,1-2H3. The van der Waals surface area contributed by atoms with Crippen LogP contribution in [0.3, 0.4) is 0 Å². The van der Waals surface area contributed by atoms with Crippen LogP contribution in [0.25, 0.3) is 0 Å². The molecule has 0 heterocycles. The average molecular weight is 285 g/mol. The third-order valence-corrected chi connectivity index (χ3v) is 4.59. The van der Waals surface area contributed by atoms with Gasteiger partial charge >= 0.3 is 5.97 Å². The SMILES string of the molecule is CCCC1(CCC)CC1(C#N)C(=O)OCc1ccccc1. The predicted molar refractivity (Wildman–Crippen MR) is 81.2 cm³/mol. The first-order valence-electron chi connectivity index (χ1n) is 7.76. The Hall–Kier alpha value is -1.82. The molecular formula is C18H23NO2. The van der Waals surface area contributed by atoms with E-state index in [9.17, 15) is 10.1 Å². The number of rotatable bonds is 7. The molecule has 0 N–H and O–H groups in total. The Morgan fingerprint density at radius 2 is 1.86 bits per heavy atom. The van der Waals surface area contributed by atoms with E-state index in [1.165, 1.54) is 0 Å². The van der Waals surface area contributed by atoms with Crippen molar-refractivity contribution in [2.75, 3.05) is 0 Å². The van der Waals surface area contributed by atoms with Crippen LogP contribution in [0, 0.1) is 22.2 Å². The van der Waals surface area contributed by atoms with Crippen molar-refractivity contribution in [3.05, 3.63) is 35.9 Å². The Kier molecular flexibility index (Phi) is 4.67. The van der Waals surface area contributed by atoms with Crippen LogP contribution >= 0.6 is 0 Å². The van der Waals surface area contributed by atoms with Gasteiger partial charge in [0.25, 0.3) is 0 Å². The number of benzene rings is 1. The lowest BCUT2D eigenvalue weighted by Crippen LogP contribution is -2.25. The highest BCUT2D eigenvalue weighted by Crippen LogP contribution is 2.69. The van der Waals surface area contributed by atoms with Gasteiger partial charge in [0.1, 0.15) is 6.61 Å². The summed E-state index contributed by atoms with van der Waals surface area (Å²) in [4.78, 5) is 12.5. The lowest BCUT2D eigenvalue weighted by molar-refractivity contribution is -0.150. The van der Waals surface area contributed by atoms with E-state index in [0.29, 0.717) is 6.42 Å². The van der Waals surface area contributed by atoms with Crippen LogP contribution in [-0.2, 0) is 16.1 Å². The molecule has 1 aromatic rings. The summed E-state index contributed by atoms with van der Waals surface area (Å²) in [5.74, 6) is -0.337. The number of nitrogens with zero attached hydrogens (tertiary/aromatic N) is 1. The number of esters is 1. The van der Waals surface area contributed by atoms with Crippen LogP contribution in [0.1, 0.15) is 51.5 Å². The van der Waals surface area contributed by atoms with Crippen molar-refractivity contribution in [1.82, 2.24) is 0 Å². The van der Waals surface area contributed by atoms with Crippen LogP contribution in [0.5, 0.6) is 0 Å². The van der Waals surface area contributed by atoms with E-state index in [0.717, 1.165) is 31.2 Å². The van der Waals surface area contributed by atoms with Crippen molar-refractivity contribution < 1.29 is 9.53 Å². The number of nitriles is 1. The Bertz CT molecular complexity index is 526. The van der Waals surface area contributed by atoms with Crippen molar-refractivity contribution in [2.45, 2.75) is 52.6 Å². The van der Waals surface area contributed by atoms with E-state index >= 15 is 0 Å². The van der Waals surface area contributed by atoms with Crippen LogP contribution < -0.4 is 0 Å². The summed E-state index contributed by atoms with van der Waals surface area (Å²) >= 11 is 0. The maximum atomic E-state index is 12.5. The predicted octanol–water partition coefficient (Wildman–Crippen LogP) is 4.23. The summed E-state index contributed by atoms with van der Waals surface area (Å²) in [6.45, 7) is 4.46. The van der Waals surface area contributed by atoms with E-state index in [-0.39, 0.29) is 18.0 Å². The molecule has 0 bridgehead atoms. The number of hydrogen-bond donors (Lipinski definition) is 0. The molecule has 1 aliphatic rings. The largest absolute Gasteiger partial charge is 0.460 e. The molecule has 0 amide bonds. The summed E-state index contributed by atoms with van der Waals surface area (Å²) in [6, 6.07) is 11.9. The van der Waals surface area contributed by atoms with Gasteiger partial charge < -0.3 is 4.74 Å². The molecule has 0 saturated heterocycles. The van der Waals surface area contributed by atoms with Crippen LogP contribution in [0.2, 0.25) is 0 Å². The quantitative estimate of drug-likeness (QED) is 0.704. The van der Waals surface area contributed by atoms with Gasteiger partial charge in [-0.3, -0.25) is 4.79 Å². The summed E-state index contributed by atoms with van der Waals surface area (Å²) < 4.78 is 5.43. The third-order valence-electron chi connectivity index (χ3n) is 4.59. The Balaban J connectivity index is 2.05. The zero-order valence-corrected chi connectivity index (χ0v) is 12.9. The maximum Gasteiger partial charge on any atom is 0.327 e. The van der Waals surface area contributed by atoms with E-state index < -0.39 is 5.41 Å². The van der Waals surface area contributed by atoms with E-state index in [2.05, 4.69) is 19.9 Å². The molecule has 1 unspecified atom stereocenters. The zero-order valence-electron chi connectivity index (χ0n) is 12.9. The second kappa shape index (κ2) is 6.30. The van der Waals surface area contributed by atoms with Gasteiger partial charge in [0.05, 0.1) is 6.07 Å². The molecule has 1 fully saturated rings. The monoisotopic (exact) mass is 285 g/mol. The van der Waals surface area contributed by atoms with Crippen molar-refractivity contribution in [2.24, 2.45) is 10.8 Å². The highest BCUT2D eigenvalue weighted by Gasteiger charge is 2.72. The first-order chi connectivity index (χ1) is 10.1. The number of ether oxygens (including phenoxy) is 1. The molecule has 1 atom stereocenters. The molecule has 3 heteroatoms. The van der Waals surface area contributed by atoms with E-state index in [4.69, 9.17) is 4.74 Å². The maximum absolute atomic E-state index is 12.5. The molecule has 0 radical (unpaired) electrons. The van der Waals surface area contributed by atoms with Crippen molar-refractivity contribution in [3.63, 3.8) is 0 Å². The summed E-state index contributed by atoms with van der Waals surface area (Å²) in [5.41, 5.74) is -0.108. The molecular weight excluding hydrogens is 262 g/mol. The Labute approximate surface area is 126 Å². The Morgan fingerprint density at radius 3 is 2.38 bits per heavy atom. The lowest BCUT2D eigenvalue weighted by atomic mass is 9.85. The fourth-order valence-electron chi connectivity index (χ4n) is 3.49. The van der Waals surface area contributed by atoms with E-state index in [1.807, 2.05) is 30.3 Å². The van der Waals surface area contributed by atoms with Crippen molar-refractivity contribution in [1.29, 1.82) is 5.26 Å². The second-order valence-electron chi connectivity index (χ2n) is 6.04. The second-order valence-corrected chi connectivity index (χ2v) is 6.04. The summed E-state index contributed by atoms with van der Waals surface area (Å²) in [5, 5.41) is 9.56. The average Bonchev–Trinajstić information content (AvgIpc) is 3.15. The molecule has 1 saturated carbocycles. The van der Waals surface area contributed by atoms with Gasteiger partial charge in [-0.2, -0.15) is 5.26 Å². The lowest BCUT2D eigenvalue weighted by Gasteiger charge is -2.19. The van der Waals surface area contributed by atoms with Crippen LogP contribution in [-0.4, -0.2) is 5.97 Å². The third kappa shape index (κ3) is 2.81. The van der Waals surface area contributed by atoms with Crippen molar-refractivity contribution >= 4 is 5.97 Å². The van der Waals surface area contributed by atoms with Gasteiger partial charge in [-0.25, -0.2) is 0 Å². The summed E-state index contributed by atoms with van der Waals surface area (Å²) in [7, 11) is 0. The number of carbonyl (C=O) groups is 1. The number of hydrogen-bond acceptors (Lipinski definition) is 3. The topological polar surface area (TPSA) is 50.1 Å². The van der Waals surface area contributed by atoms with Gasteiger partial charge in [-0.15, -0.1) is 0 Å². The smallest absolute Gasteiger partial charge is 0.327 e. The van der Waals surface area contributed by atoms with Crippen LogP contribution in [0.4, 0.5) is 0 Å². The molecule has 0 aromatic heterocycles. The van der Waals surface area contributed by atoms with Gasteiger partial charge in [0.2, 0.25) is 0 Å². The zero-order chi connectivity index (χ0) is 15.3. The van der Waals surface area contributed by atoms with Gasteiger partial charge in [-0.1, -0.05) is 57.0 Å².